The zero-order chi connectivity index (χ0) is 10.3. The van der Waals surface area contributed by atoms with E-state index in [1.54, 1.807) is 11.3 Å². The van der Waals surface area contributed by atoms with E-state index in [4.69, 9.17) is 5.11 Å². The van der Waals surface area contributed by atoms with E-state index in [0.29, 0.717) is 0 Å². The molecule has 2 aromatic heterocycles. The zero-order valence-corrected chi connectivity index (χ0v) is 9.13. The van der Waals surface area contributed by atoms with Crippen LogP contribution in [0.15, 0.2) is 17.8 Å². The van der Waals surface area contributed by atoms with Crippen molar-refractivity contribution in [1.29, 1.82) is 0 Å². The standard InChI is InChI=1S/C10H13N3OS/c14-7-10(1-2-10)11-5-8-6-13-3-4-15-9(13)12-8/h3-4,6,11,14H,1-2,5,7H2. The van der Waals surface area contributed by atoms with Crippen LogP contribution < -0.4 is 5.32 Å². The Balaban J connectivity index is 1.70. The predicted molar refractivity (Wildman–Crippen MR) is 59.0 cm³/mol. The van der Waals surface area contributed by atoms with Crippen LogP contribution in [0.3, 0.4) is 0 Å². The summed E-state index contributed by atoms with van der Waals surface area (Å²) in [6.07, 6.45) is 6.19. The first-order chi connectivity index (χ1) is 7.31. The molecule has 2 N–H and O–H groups in total. The first kappa shape index (κ1) is 9.33. The molecular formula is C10H13N3OS. The average molecular weight is 223 g/mol. The number of imidazole rings is 1. The Kier molecular flexibility index (Phi) is 2.05. The van der Waals surface area contributed by atoms with Gasteiger partial charge in [-0.05, 0) is 12.8 Å². The molecule has 1 aliphatic carbocycles. The van der Waals surface area contributed by atoms with Crippen molar-refractivity contribution in [2.45, 2.75) is 24.9 Å². The van der Waals surface area contributed by atoms with Gasteiger partial charge in [0.25, 0.3) is 0 Å². The largest absolute Gasteiger partial charge is 0.394 e. The minimum absolute atomic E-state index is 0.00293. The lowest BCUT2D eigenvalue weighted by molar-refractivity contribution is 0.229. The molecule has 2 heterocycles. The topological polar surface area (TPSA) is 49.6 Å². The molecular weight excluding hydrogens is 210 g/mol. The molecule has 1 saturated carbocycles. The number of fused-ring (bicyclic) bond motifs is 1. The quantitative estimate of drug-likeness (QED) is 0.813. The highest BCUT2D eigenvalue weighted by Gasteiger charge is 2.41. The maximum absolute atomic E-state index is 9.15. The molecule has 2 aromatic rings. The number of nitrogens with one attached hydrogen (secondary N) is 1. The molecule has 4 nitrogen and oxygen atoms in total. The average Bonchev–Trinajstić information content (AvgIpc) is 2.72. The lowest BCUT2D eigenvalue weighted by Crippen LogP contribution is -2.34. The van der Waals surface area contributed by atoms with Crippen LogP contribution in [0.4, 0.5) is 0 Å². The second-order valence-electron chi connectivity index (χ2n) is 4.12. The molecule has 5 heteroatoms. The lowest BCUT2D eigenvalue weighted by Gasteiger charge is -2.12. The lowest BCUT2D eigenvalue weighted by atomic mass is 10.3. The molecule has 0 aliphatic heterocycles. The van der Waals surface area contributed by atoms with Crippen molar-refractivity contribution in [3.05, 3.63) is 23.5 Å². The van der Waals surface area contributed by atoms with E-state index < -0.39 is 0 Å². The van der Waals surface area contributed by atoms with E-state index in [1.165, 1.54) is 0 Å². The Morgan fingerprint density at radius 2 is 2.47 bits per heavy atom. The van der Waals surface area contributed by atoms with Crippen LogP contribution in [-0.4, -0.2) is 26.6 Å². The van der Waals surface area contributed by atoms with Crippen LogP contribution in [0, 0.1) is 0 Å². The molecule has 0 radical (unpaired) electrons. The van der Waals surface area contributed by atoms with E-state index >= 15 is 0 Å². The van der Waals surface area contributed by atoms with Gasteiger partial charge in [0.05, 0.1) is 12.3 Å². The number of aromatic nitrogens is 2. The summed E-state index contributed by atoms with van der Waals surface area (Å²) in [5.41, 5.74) is 1.04. The monoisotopic (exact) mass is 223 g/mol. The van der Waals surface area contributed by atoms with Crippen molar-refractivity contribution in [3.8, 4) is 0 Å². The third kappa shape index (κ3) is 1.67. The molecule has 0 aromatic carbocycles. The number of thiazole rings is 1. The normalized spacial score (nSPS) is 18.5. The fourth-order valence-electron chi connectivity index (χ4n) is 1.68. The summed E-state index contributed by atoms with van der Waals surface area (Å²) in [5, 5.41) is 14.5. The summed E-state index contributed by atoms with van der Waals surface area (Å²) in [6, 6.07) is 0. The second-order valence-corrected chi connectivity index (χ2v) is 4.99. The molecule has 3 rings (SSSR count). The van der Waals surface area contributed by atoms with E-state index in [0.717, 1.165) is 30.0 Å². The van der Waals surface area contributed by atoms with Gasteiger partial charge in [0.1, 0.15) is 0 Å². The van der Waals surface area contributed by atoms with Crippen LogP contribution in [0.2, 0.25) is 0 Å². The Labute approximate surface area is 91.6 Å². The highest BCUT2D eigenvalue weighted by Crippen LogP contribution is 2.34. The minimum atomic E-state index is -0.00293. The number of nitrogens with zero attached hydrogens (tertiary/aromatic N) is 2. The van der Waals surface area contributed by atoms with E-state index in [2.05, 4.69) is 10.3 Å². The van der Waals surface area contributed by atoms with Crippen LogP contribution >= 0.6 is 11.3 Å². The fraction of sp³-hybridized carbons (Fsp3) is 0.500. The molecule has 0 bridgehead atoms. The van der Waals surface area contributed by atoms with Gasteiger partial charge in [-0.1, -0.05) is 0 Å². The molecule has 1 fully saturated rings. The molecule has 80 valence electrons. The number of hydrogen-bond acceptors (Lipinski definition) is 4. The van der Waals surface area contributed by atoms with Crippen LogP contribution in [-0.2, 0) is 6.54 Å². The molecule has 1 aliphatic rings. The Bertz CT molecular complexity index is 443. The summed E-state index contributed by atoms with van der Waals surface area (Å²) in [7, 11) is 0. The number of aliphatic hydroxyl groups excluding tert-OH is 1. The van der Waals surface area contributed by atoms with Crippen molar-refractivity contribution in [3.63, 3.8) is 0 Å². The van der Waals surface area contributed by atoms with Crippen molar-refractivity contribution in [1.82, 2.24) is 14.7 Å². The molecule has 0 atom stereocenters. The summed E-state index contributed by atoms with van der Waals surface area (Å²) in [6.45, 7) is 0.976. The SMILES string of the molecule is OCC1(NCc2cn3ccsc3n2)CC1. The molecule has 0 spiro atoms. The summed E-state index contributed by atoms with van der Waals surface area (Å²) >= 11 is 1.64. The van der Waals surface area contributed by atoms with Gasteiger partial charge < -0.3 is 10.4 Å². The van der Waals surface area contributed by atoms with E-state index in [1.807, 2.05) is 22.2 Å². The van der Waals surface area contributed by atoms with Crippen molar-refractivity contribution in [2.75, 3.05) is 6.61 Å². The van der Waals surface area contributed by atoms with Crippen LogP contribution in [0.25, 0.3) is 4.96 Å². The van der Waals surface area contributed by atoms with Crippen molar-refractivity contribution < 1.29 is 5.11 Å². The summed E-state index contributed by atoms with van der Waals surface area (Å²) in [4.78, 5) is 5.50. The molecule has 0 saturated heterocycles. The fourth-order valence-corrected chi connectivity index (χ4v) is 2.40. The Morgan fingerprint density at radius 1 is 1.60 bits per heavy atom. The molecule has 0 amide bonds. The van der Waals surface area contributed by atoms with E-state index in [-0.39, 0.29) is 12.1 Å². The Hall–Kier alpha value is -0.910. The maximum Gasteiger partial charge on any atom is 0.193 e. The number of aliphatic hydroxyl groups is 1. The number of rotatable bonds is 4. The molecule has 0 unspecified atom stereocenters. The van der Waals surface area contributed by atoms with Gasteiger partial charge in [0.2, 0.25) is 0 Å². The van der Waals surface area contributed by atoms with Crippen LogP contribution in [0.1, 0.15) is 18.5 Å². The second kappa shape index (κ2) is 3.30. The molecule has 15 heavy (non-hydrogen) atoms. The van der Waals surface area contributed by atoms with Gasteiger partial charge in [-0.2, -0.15) is 0 Å². The van der Waals surface area contributed by atoms with Gasteiger partial charge in [0, 0.05) is 29.9 Å². The van der Waals surface area contributed by atoms with Gasteiger partial charge in [-0.25, -0.2) is 4.98 Å². The van der Waals surface area contributed by atoms with Gasteiger partial charge >= 0.3 is 0 Å². The smallest absolute Gasteiger partial charge is 0.193 e. The zero-order valence-electron chi connectivity index (χ0n) is 8.31. The third-order valence-corrected chi connectivity index (χ3v) is 3.71. The highest BCUT2D eigenvalue weighted by molar-refractivity contribution is 7.15. The van der Waals surface area contributed by atoms with Gasteiger partial charge in [0.15, 0.2) is 4.96 Å². The third-order valence-electron chi connectivity index (χ3n) is 2.94. The minimum Gasteiger partial charge on any atom is -0.394 e. The van der Waals surface area contributed by atoms with Gasteiger partial charge in [-0.15, -0.1) is 11.3 Å². The van der Waals surface area contributed by atoms with Gasteiger partial charge in [-0.3, -0.25) is 4.40 Å². The maximum atomic E-state index is 9.15. The summed E-state index contributed by atoms with van der Waals surface area (Å²) in [5.74, 6) is 0. The first-order valence-corrected chi connectivity index (χ1v) is 5.96. The van der Waals surface area contributed by atoms with E-state index in [9.17, 15) is 0 Å². The van der Waals surface area contributed by atoms with Crippen LogP contribution in [0.5, 0.6) is 0 Å². The summed E-state index contributed by atoms with van der Waals surface area (Å²) < 4.78 is 2.03. The predicted octanol–water partition coefficient (Wildman–Crippen LogP) is 1.01. The highest BCUT2D eigenvalue weighted by atomic mass is 32.1. The number of hydrogen-bond donors (Lipinski definition) is 2. The van der Waals surface area contributed by atoms with Crippen molar-refractivity contribution in [2.24, 2.45) is 0 Å². The Morgan fingerprint density at radius 3 is 3.13 bits per heavy atom. The first-order valence-electron chi connectivity index (χ1n) is 5.08. The van der Waals surface area contributed by atoms with Crippen molar-refractivity contribution >= 4 is 16.3 Å².